The SMILES string of the molecule is CCCCC/C=C\C/C=C\CCCCCCCCCC(=O)NC(CO)C(O)C(O)CCC/C=C/CC/C=C/CCCCCCCCCCC. The number of amides is 1. The van der Waals surface area contributed by atoms with Crippen LogP contribution < -0.4 is 5.32 Å². The summed E-state index contributed by atoms with van der Waals surface area (Å²) < 4.78 is 0. The van der Waals surface area contributed by atoms with Crippen molar-refractivity contribution in [1.82, 2.24) is 5.32 Å². The van der Waals surface area contributed by atoms with Gasteiger partial charge in [-0.05, 0) is 83.5 Å². The standard InChI is InChI=1S/C44H81NO4/c1-3-5-7-9-11-13-15-17-19-21-23-24-26-28-30-32-34-36-38-42(47)44(49)41(40-46)45-43(48)39-37-35-33-31-29-27-25-22-20-18-16-14-12-10-8-6-4-2/h12,14,18,20,23-24,30,32,41-42,44,46-47,49H,3-11,13,15-17,19,21-22,25-29,31,33-40H2,1-2H3,(H,45,48)/b14-12-,20-18-,24-23+,32-30+. The summed E-state index contributed by atoms with van der Waals surface area (Å²) >= 11 is 0. The van der Waals surface area contributed by atoms with E-state index >= 15 is 0 Å². The van der Waals surface area contributed by atoms with E-state index < -0.39 is 18.2 Å². The van der Waals surface area contributed by atoms with Crippen LogP contribution in [0.3, 0.4) is 0 Å². The quantitative estimate of drug-likeness (QED) is 0.0386. The zero-order valence-corrected chi connectivity index (χ0v) is 32.3. The summed E-state index contributed by atoms with van der Waals surface area (Å²) in [6.45, 7) is 4.12. The Morgan fingerprint density at radius 2 is 0.898 bits per heavy atom. The van der Waals surface area contributed by atoms with E-state index in [4.69, 9.17) is 0 Å². The molecule has 5 heteroatoms. The van der Waals surface area contributed by atoms with E-state index in [1.165, 1.54) is 116 Å². The molecule has 3 atom stereocenters. The molecule has 0 radical (unpaired) electrons. The molecule has 0 aromatic carbocycles. The first-order valence-corrected chi connectivity index (χ1v) is 20.9. The van der Waals surface area contributed by atoms with Gasteiger partial charge in [-0.15, -0.1) is 0 Å². The monoisotopic (exact) mass is 688 g/mol. The smallest absolute Gasteiger partial charge is 0.220 e. The van der Waals surface area contributed by atoms with Crippen LogP contribution in [-0.4, -0.2) is 46.1 Å². The zero-order chi connectivity index (χ0) is 35.9. The number of allylic oxidation sites excluding steroid dienone is 8. The number of aliphatic hydroxyl groups excluding tert-OH is 3. The first kappa shape index (κ1) is 47.3. The fraction of sp³-hybridized carbons (Fsp3) is 0.795. The third kappa shape index (κ3) is 34.5. The van der Waals surface area contributed by atoms with Crippen molar-refractivity contribution in [2.45, 2.75) is 218 Å². The Bertz CT molecular complexity index is 805. The molecule has 0 heterocycles. The molecular formula is C44H81NO4. The van der Waals surface area contributed by atoms with E-state index in [1.54, 1.807) is 0 Å². The fourth-order valence-electron chi connectivity index (χ4n) is 6.09. The van der Waals surface area contributed by atoms with Gasteiger partial charge in [0.1, 0.15) is 6.10 Å². The second kappa shape index (κ2) is 39.1. The largest absolute Gasteiger partial charge is 0.394 e. The Hall–Kier alpha value is -1.69. The van der Waals surface area contributed by atoms with E-state index in [2.05, 4.69) is 67.8 Å². The average molecular weight is 688 g/mol. The molecule has 0 rings (SSSR count). The second-order valence-corrected chi connectivity index (χ2v) is 14.2. The number of rotatable bonds is 37. The molecule has 0 spiro atoms. The number of unbranched alkanes of at least 4 members (excludes halogenated alkanes) is 21. The van der Waals surface area contributed by atoms with Gasteiger partial charge in [0.2, 0.25) is 5.91 Å². The topological polar surface area (TPSA) is 89.8 Å². The third-order valence-corrected chi connectivity index (χ3v) is 9.38. The number of nitrogens with one attached hydrogen (secondary N) is 1. The molecule has 0 bridgehead atoms. The maximum atomic E-state index is 12.4. The van der Waals surface area contributed by atoms with Gasteiger partial charge in [-0.1, -0.05) is 159 Å². The average Bonchev–Trinajstić information content (AvgIpc) is 3.10. The minimum atomic E-state index is -1.17. The van der Waals surface area contributed by atoms with Crippen molar-refractivity contribution in [3.63, 3.8) is 0 Å². The van der Waals surface area contributed by atoms with Crippen LogP contribution in [-0.2, 0) is 4.79 Å². The van der Waals surface area contributed by atoms with Crippen LogP contribution >= 0.6 is 0 Å². The number of hydrogen-bond donors (Lipinski definition) is 4. The third-order valence-electron chi connectivity index (χ3n) is 9.38. The molecule has 0 fully saturated rings. The van der Waals surface area contributed by atoms with Crippen molar-refractivity contribution in [2.75, 3.05) is 6.61 Å². The molecule has 0 aromatic rings. The van der Waals surface area contributed by atoms with Gasteiger partial charge in [-0.25, -0.2) is 0 Å². The Balaban J connectivity index is 3.75. The van der Waals surface area contributed by atoms with Crippen LogP contribution in [0.25, 0.3) is 0 Å². The van der Waals surface area contributed by atoms with E-state index in [-0.39, 0.29) is 12.5 Å². The van der Waals surface area contributed by atoms with Crippen LogP contribution in [0, 0.1) is 0 Å². The van der Waals surface area contributed by atoms with Crippen molar-refractivity contribution in [1.29, 1.82) is 0 Å². The van der Waals surface area contributed by atoms with Crippen LogP contribution in [0.2, 0.25) is 0 Å². The Morgan fingerprint density at radius 3 is 1.41 bits per heavy atom. The summed E-state index contributed by atoms with van der Waals surface area (Å²) in [4.78, 5) is 12.4. The summed E-state index contributed by atoms with van der Waals surface area (Å²) in [6.07, 6.45) is 49.2. The lowest BCUT2D eigenvalue weighted by Crippen LogP contribution is -2.50. The molecule has 0 aromatic heterocycles. The molecule has 0 aliphatic carbocycles. The van der Waals surface area contributed by atoms with Gasteiger partial charge in [0.15, 0.2) is 0 Å². The highest BCUT2D eigenvalue weighted by molar-refractivity contribution is 5.76. The molecule has 4 N–H and O–H groups in total. The van der Waals surface area contributed by atoms with Gasteiger partial charge in [0, 0.05) is 6.42 Å². The van der Waals surface area contributed by atoms with Gasteiger partial charge in [-0.2, -0.15) is 0 Å². The molecule has 0 aliphatic heterocycles. The molecule has 3 unspecified atom stereocenters. The number of aliphatic hydroxyl groups is 3. The zero-order valence-electron chi connectivity index (χ0n) is 32.3. The van der Waals surface area contributed by atoms with Crippen LogP contribution in [0.4, 0.5) is 0 Å². The lowest BCUT2D eigenvalue weighted by atomic mass is 10.0. The van der Waals surface area contributed by atoms with Gasteiger partial charge < -0.3 is 20.6 Å². The summed E-state index contributed by atoms with van der Waals surface area (Å²) in [6, 6.07) is -0.837. The van der Waals surface area contributed by atoms with E-state index in [0.29, 0.717) is 12.8 Å². The van der Waals surface area contributed by atoms with Gasteiger partial charge in [0.25, 0.3) is 0 Å². The van der Waals surface area contributed by atoms with Crippen molar-refractivity contribution in [3.05, 3.63) is 48.6 Å². The summed E-state index contributed by atoms with van der Waals surface area (Å²) in [7, 11) is 0. The fourth-order valence-corrected chi connectivity index (χ4v) is 6.09. The maximum Gasteiger partial charge on any atom is 0.220 e. The second-order valence-electron chi connectivity index (χ2n) is 14.2. The molecule has 0 saturated carbocycles. The van der Waals surface area contributed by atoms with Crippen molar-refractivity contribution >= 4 is 5.91 Å². The molecule has 5 nitrogen and oxygen atoms in total. The predicted octanol–water partition coefficient (Wildman–Crippen LogP) is 11.8. The number of carbonyl (C=O) groups excluding carboxylic acids is 1. The van der Waals surface area contributed by atoms with E-state index in [0.717, 1.165) is 57.8 Å². The lowest BCUT2D eigenvalue weighted by molar-refractivity contribution is -0.124. The van der Waals surface area contributed by atoms with Crippen LogP contribution in [0.1, 0.15) is 200 Å². The lowest BCUT2D eigenvalue weighted by Gasteiger charge is -2.26. The number of hydrogen-bond acceptors (Lipinski definition) is 4. The van der Waals surface area contributed by atoms with Gasteiger partial charge >= 0.3 is 0 Å². The molecule has 286 valence electrons. The highest BCUT2D eigenvalue weighted by Crippen LogP contribution is 2.13. The predicted molar refractivity (Wildman–Crippen MR) is 213 cm³/mol. The molecule has 0 saturated heterocycles. The summed E-state index contributed by atoms with van der Waals surface area (Å²) in [5, 5.41) is 33.4. The Labute approximate surface area is 304 Å². The van der Waals surface area contributed by atoms with E-state index in [9.17, 15) is 20.1 Å². The molecule has 49 heavy (non-hydrogen) atoms. The normalized spacial score (nSPS) is 14.1. The van der Waals surface area contributed by atoms with Crippen LogP contribution in [0.15, 0.2) is 48.6 Å². The number of carbonyl (C=O) groups is 1. The highest BCUT2D eigenvalue weighted by Gasteiger charge is 2.26. The Morgan fingerprint density at radius 1 is 0.510 bits per heavy atom. The minimum Gasteiger partial charge on any atom is -0.394 e. The molecule has 0 aliphatic rings. The van der Waals surface area contributed by atoms with Crippen molar-refractivity contribution in [2.24, 2.45) is 0 Å². The highest BCUT2D eigenvalue weighted by atomic mass is 16.3. The van der Waals surface area contributed by atoms with E-state index in [1.807, 2.05) is 0 Å². The summed E-state index contributed by atoms with van der Waals surface area (Å²) in [5.41, 5.74) is 0. The van der Waals surface area contributed by atoms with Crippen molar-refractivity contribution in [3.8, 4) is 0 Å². The molecular weight excluding hydrogens is 606 g/mol. The van der Waals surface area contributed by atoms with Crippen LogP contribution in [0.5, 0.6) is 0 Å². The van der Waals surface area contributed by atoms with Gasteiger partial charge in [-0.3, -0.25) is 4.79 Å². The first-order valence-electron chi connectivity index (χ1n) is 20.9. The minimum absolute atomic E-state index is 0.168. The molecule has 1 amide bonds. The maximum absolute atomic E-state index is 12.4. The van der Waals surface area contributed by atoms with Gasteiger partial charge in [0.05, 0.1) is 18.8 Å². The first-order chi connectivity index (χ1) is 24.1. The Kier molecular flexibility index (Phi) is 37.8. The summed E-state index contributed by atoms with van der Waals surface area (Å²) in [5.74, 6) is -0.168. The van der Waals surface area contributed by atoms with Crippen molar-refractivity contribution < 1.29 is 20.1 Å².